The van der Waals surface area contributed by atoms with Crippen LogP contribution in [0.5, 0.6) is 0 Å². The SMILES string of the molecule is COC1CC2=CC=CNC2CC1OS(=O)(=O)O. The molecule has 0 amide bonds. The van der Waals surface area contributed by atoms with Crippen molar-refractivity contribution in [3.63, 3.8) is 0 Å². The lowest BCUT2D eigenvalue weighted by Gasteiger charge is -2.37. The molecule has 2 N–H and O–H groups in total. The number of allylic oxidation sites excluding steroid dienone is 2. The second kappa shape index (κ2) is 4.77. The smallest absolute Gasteiger partial charge is 0.384 e. The van der Waals surface area contributed by atoms with Crippen molar-refractivity contribution in [1.29, 1.82) is 0 Å². The predicted molar refractivity (Wildman–Crippen MR) is 60.6 cm³/mol. The lowest BCUT2D eigenvalue weighted by molar-refractivity contribution is -0.0178. The van der Waals surface area contributed by atoms with Crippen LogP contribution in [-0.2, 0) is 19.3 Å². The lowest BCUT2D eigenvalue weighted by Crippen LogP contribution is -2.46. The van der Waals surface area contributed by atoms with Crippen LogP contribution < -0.4 is 5.32 Å². The number of methoxy groups -OCH3 is 1. The lowest BCUT2D eigenvalue weighted by atomic mass is 9.84. The van der Waals surface area contributed by atoms with E-state index in [1.807, 2.05) is 12.2 Å². The van der Waals surface area contributed by atoms with Crippen molar-refractivity contribution in [2.75, 3.05) is 7.11 Å². The summed E-state index contributed by atoms with van der Waals surface area (Å²) in [6, 6.07) is 0.0400. The average molecular weight is 261 g/mol. The zero-order valence-corrected chi connectivity index (χ0v) is 10.2. The molecule has 3 atom stereocenters. The Morgan fingerprint density at radius 2 is 2.24 bits per heavy atom. The van der Waals surface area contributed by atoms with Gasteiger partial charge in [0.05, 0.1) is 6.10 Å². The molecule has 7 heteroatoms. The summed E-state index contributed by atoms with van der Waals surface area (Å²) in [6.45, 7) is 0. The molecule has 0 radical (unpaired) electrons. The number of rotatable bonds is 3. The van der Waals surface area contributed by atoms with Crippen LogP contribution in [0.2, 0.25) is 0 Å². The molecule has 6 nitrogen and oxygen atoms in total. The van der Waals surface area contributed by atoms with Crippen molar-refractivity contribution in [2.45, 2.75) is 31.1 Å². The minimum Gasteiger partial charge on any atom is -0.384 e. The molecule has 1 saturated carbocycles. The van der Waals surface area contributed by atoms with Crippen LogP contribution in [0, 0.1) is 0 Å². The maximum Gasteiger partial charge on any atom is 0.397 e. The first-order chi connectivity index (χ1) is 7.99. The van der Waals surface area contributed by atoms with Crippen LogP contribution in [0.15, 0.2) is 23.9 Å². The highest BCUT2D eigenvalue weighted by molar-refractivity contribution is 7.80. The van der Waals surface area contributed by atoms with E-state index >= 15 is 0 Å². The fourth-order valence-electron chi connectivity index (χ4n) is 2.24. The van der Waals surface area contributed by atoms with Crippen LogP contribution in [-0.4, -0.2) is 38.3 Å². The minimum absolute atomic E-state index is 0.0400. The third-order valence-electron chi connectivity index (χ3n) is 3.02. The summed E-state index contributed by atoms with van der Waals surface area (Å²) in [7, 11) is -2.95. The molecule has 96 valence electrons. The van der Waals surface area contributed by atoms with Gasteiger partial charge in [0.1, 0.15) is 6.10 Å². The van der Waals surface area contributed by atoms with E-state index in [2.05, 4.69) is 9.50 Å². The van der Waals surface area contributed by atoms with Gasteiger partial charge in [-0.25, -0.2) is 4.18 Å². The summed E-state index contributed by atoms with van der Waals surface area (Å²) in [5.41, 5.74) is 1.15. The number of hydrogen-bond donors (Lipinski definition) is 2. The molecule has 0 aromatic heterocycles. The minimum atomic E-state index is -4.45. The second-order valence-corrected chi connectivity index (χ2v) is 5.14. The molecule has 1 aliphatic carbocycles. The molecule has 0 aromatic carbocycles. The summed E-state index contributed by atoms with van der Waals surface area (Å²) in [5, 5.41) is 3.12. The highest BCUT2D eigenvalue weighted by atomic mass is 32.3. The summed E-state index contributed by atoms with van der Waals surface area (Å²) in [5.74, 6) is 0. The van der Waals surface area contributed by atoms with Crippen molar-refractivity contribution >= 4 is 10.4 Å². The van der Waals surface area contributed by atoms with Gasteiger partial charge in [0.25, 0.3) is 0 Å². The maximum absolute atomic E-state index is 10.7. The highest BCUT2D eigenvalue weighted by Gasteiger charge is 2.37. The first kappa shape index (κ1) is 12.6. The summed E-state index contributed by atoms with van der Waals surface area (Å²) in [4.78, 5) is 0. The van der Waals surface area contributed by atoms with E-state index in [1.165, 1.54) is 7.11 Å². The fourth-order valence-corrected chi connectivity index (χ4v) is 2.75. The van der Waals surface area contributed by atoms with Gasteiger partial charge in [0.2, 0.25) is 0 Å². The molecule has 2 rings (SSSR count). The zero-order chi connectivity index (χ0) is 12.5. The van der Waals surface area contributed by atoms with Crippen LogP contribution in [0.3, 0.4) is 0 Å². The Hall–Kier alpha value is -0.890. The topological polar surface area (TPSA) is 84.9 Å². The fraction of sp³-hybridized carbons (Fsp3) is 0.600. The standard InChI is InChI=1S/C10H15NO5S/c1-15-9-5-7-3-2-4-11-8(7)6-10(9)16-17(12,13)14/h2-4,8-11H,5-6H2,1H3,(H,12,13,14). The Labute approximate surface area is 100 Å². The van der Waals surface area contributed by atoms with Gasteiger partial charge in [0, 0.05) is 19.6 Å². The second-order valence-electron chi connectivity index (χ2n) is 4.10. The quantitative estimate of drug-likeness (QED) is 0.715. The summed E-state index contributed by atoms with van der Waals surface area (Å²) >= 11 is 0. The van der Waals surface area contributed by atoms with E-state index in [1.54, 1.807) is 6.20 Å². The maximum atomic E-state index is 10.7. The van der Waals surface area contributed by atoms with Gasteiger partial charge in [-0.1, -0.05) is 6.08 Å². The molecule has 0 saturated heterocycles. The largest absolute Gasteiger partial charge is 0.397 e. The predicted octanol–water partition coefficient (Wildman–Crippen LogP) is 0.395. The number of fused-ring (bicyclic) bond motifs is 1. The van der Waals surface area contributed by atoms with Gasteiger partial charge < -0.3 is 10.1 Å². The van der Waals surface area contributed by atoms with Crippen molar-refractivity contribution in [3.8, 4) is 0 Å². The monoisotopic (exact) mass is 261 g/mol. The van der Waals surface area contributed by atoms with E-state index in [0.717, 1.165) is 5.57 Å². The molecule has 1 aliphatic heterocycles. The number of dihydropyridines is 1. The average Bonchev–Trinajstić information content (AvgIpc) is 2.26. The van der Waals surface area contributed by atoms with Crippen LogP contribution in [0.25, 0.3) is 0 Å². The van der Waals surface area contributed by atoms with Crippen molar-refractivity contribution in [3.05, 3.63) is 23.9 Å². The van der Waals surface area contributed by atoms with Crippen molar-refractivity contribution < 1.29 is 21.9 Å². The van der Waals surface area contributed by atoms with E-state index in [-0.39, 0.29) is 12.1 Å². The third-order valence-corrected chi connectivity index (χ3v) is 3.51. The Bertz CT molecular complexity index is 442. The normalized spacial score (nSPS) is 32.6. The van der Waals surface area contributed by atoms with Crippen LogP contribution in [0.4, 0.5) is 0 Å². The molecule has 1 fully saturated rings. The number of nitrogens with one attached hydrogen (secondary N) is 1. The molecule has 0 bridgehead atoms. The first-order valence-electron chi connectivity index (χ1n) is 5.30. The van der Waals surface area contributed by atoms with E-state index < -0.39 is 16.5 Å². The number of ether oxygens (including phenoxy) is 1. The van der Waals surface area contributed by atoms with Crippen LogP contribution in [0.1, 0.15) is 12.8 Å². The van der Waals surface area contributed by atoms with Crippen LogP contribution >= 0.6 is 0 Å². The zero-order valence-electron chi connectivity index (χ0n) is 9.37. The number of hydrogen-bond acceptors (Lipinski definition) is 5. The van der Waals surface area contributed by atoms with Crippen molar-refractivity contribution in [1.82, 2.24) is 5.32 Å². The van der Waals surface area contributed by atoms with Crippen molar-refractivity contribution in [2.24, 2.45) is 0 Å². The molecule has 2 aliphatic rings. The third kappa shape index (κ3) is 3.06. The van der Waals surface area contributed by atoms with Gasteiger partial charge in [0.15, 0.2) is 0 Å². The summed E-state index contributed by atoms with van der Waals surface area (Å²) < 4.78 is 40.1. The molecule has 1 heterocycles. The summed E-state index contributed by atoms with van der Waals surface area (Å²) in [6.07, 6.45) is 5.65. The Morgan fingerprint density at radius 1 is 1.47 bits per heavy atom. The molecule has 0 aromatic rings. The van der Waals surface area contributed by atoms with E-state index in [0.29, 0.717) is 12.8 Å². The molecule has 17 heavy (non-hydrogen) atoms. The van der Waals surface area contributed by atoms with E-state index in [9.17, 15) is 8.42 Å². The molecule has 0 spiro atoms. The Kier molecular flexibility index (Phi) is 3.53. The van der Waals surface area contributed by atoms with Gasteiger partial charge in [-0.05, 0) is 24.3 Å². The Balaban J connectivity index is 2.13. The molecule has 3 unspecified atom stereocenters. The van der Waals surface area contributed by atoms with E-state index in [4.69, 9.17) is 9.29 Å². The first-order valence-corrected chi connectivity index (χ1v) is 6.66. The van der Waals surface area contributed by atoms with Gasteiger partial charge in [-0.2, -0.15) is 8.42 Å². The molecular formula is C10H15NO5S. The van der Waals surface area contributed by atoms with Gasteiger partial charge >= 0.3 is 10.4 Å². The molecular weight excluding hydrogens is 246 g/mol. The van der Waals surface area contributed by atoms with Gasteiger partial charge in [-0.15, -0.1) is 0 Å². The Morgan fingerprint density at radius 3 is 2.88 bits per heavy atom. The highest BCUT2D eigenvalue weighted by Crippen LogP contribution is 2.30. The van der Waals surface area contributed by atoms with Gasteiger partial charge in [-0.3, -0.25) is 4.55 Å².